The van der Waals surface area contributed by atoms with Gasteiger partial charge in [0.1, 0.15) is 12.6 Å². The van der Waals surface area contributed by atoms with Crippen molar-refractivity contribution in [3.8, 4) is 0 Å². The van der Waals surface area contributed by atoms with Crippen molar-refractivity contribution < 1.29 is 14.5 Å². The fourth-order valence-corrected chi connectivity index (χ4v) is 0.714. The van der Waals surface area contributed by atoms with Crippen LogP contribution in [-0.4, -0.2) is 11.1 Å². The Bertz CT molecular complexity index is 262. The molecule has 0 fully saturated rings. The Hall–Kier alpha value is -0.650. The molecule has 0 atom stereocenters. The summed E-state index contributed by atoms with van der Waals surface area (Å²) in [5, 5.41) is 8.50. The molecule has 0 spiro atoms. The van der Waals surface area contributed by atoms with Crippen LogP contribution in [0.4, 0.5) is 0 Å². The maximum absolute atomic E-state index is 10.3. The van der Waals surface area contributed by atoms with Crippen LogP contribution in [0.3, 0.4) is 0 Å². The maximum Gasteiger partial charge on any atom is 0.341 e. The highest BCUT2D eigenvalue weighted by Crippen LogP contribution is 1.91. The Labute approximate surface area is 81.7 Å². The summed E-state index contributed by atoms with van der Waals surface area (Å²) in [4.78, 5) is 10.3. The van der Waals surface area contributed by atoms with Gasteiger partial charge in [-0.1, -0.05) is 0 Å². The molecule has 1 aromatic rings. The van der Waals surface area contributed by atoms with Crippen molar-refractivity contribution in [3.63, 3.8) is 0 Å². The van der Waals surface area contributed by atoms with E-state index >= 15 is 0 Å². The smallest absolute Gasteiger partial charge is 0.341 e. The highest BCUT2D eigenvalue weighted by atomic mass is 127. The third-order valence-electron chi connectivity index (χ3n) is 1.19. The summed E-state index contributed by atoms with van der Waals surface area (Å²) in [6, 6.07) is 3.26. The molecular weight excluding hydrogens is 257 g/mol. The van der Waals surface area contributed by atoms with E-state index in [0.717, 1.165) is 0 Å². The van der Waals surface area contributed by atoms with Crippen molar-refractivity contribution in [2.75, 3.05) is 0 Å². The number of aromatic nitrogens is 1. The van der Waals surface area contributed by atoms with Gasteiger partial charge in [0.25, 0.3) is 0 Å². The van der Waals surface area contributed by atoms with Crippen molar-refractivity contribution in [2.45, 2.75) is 0 Å². The Kier molecular flexibility index (Phi) is 4.02. The largest absolute Gasteiger partial charge is 0.477 e. The van der Waals surface area contributed by atoms with Gasteiger partial charge in [-0.25, -0.2) is 9.36 Å². The highest BCUT2D eigenvalue weighted by Gasteiger charge is 2.04. The van der Waals surface area contributed by atoms with Gasteiger partial charge in [-0.05, 0) is 6.07 Å². The number of carbonyl (C=O) groups is 1. The van der Waals surface area contributed by atoms with Crippen LogP contribution >= 0.6 is 24.0 Å². The Morgan fingerprint density at radius 3 is 2.64 bits per heavy atom. The van der Waals surface area contributed by atoms with E-state index in [1.54, 1.807) is 36.1 Å². The molecule has 0 saturated heterocycles. The van der Waals surface area contributed by atoms with Gasteiger partial charge in [0.15, 0.2) is 12.4 Å². The maximum atomic E-state index is 10.3. The molecule has 1 N–H and O–H groups in total. The van der Waals surface area contributed by atoms with Crippen LogP contribution in [-0.2, 0) is 7.05 Å². The zero-order chi connectivity index (χ0) is 7.56. The van der Waals surface area contributed by atoms with E-state index in [0.29, 0.717) is 5.56 Å². The van der Waals surface area contributed by atoms with Crippen molar-refractivity contribution in [2.24, 2.45) is 7.05 Å². The van der Waals surface area contributed by atoms with Crippen molar-refractivity contribution in [3.05, 3.63) is 30.1 Å². The van der Waals surface area contributed by atoms with Crippen LogP contribution in [0.15, 0.2) is 24.5 Å². The molecule has 0 saturated carbocycles. The fourth-order valence-electron chi connectivity index (χ4n) is 0.714. The SMILES string of the molecule is C[n+]1cccc(C(=O)O)c1.I. The second-order valence-corrected chi connectivity index (χ2v) is 2.06. The molecule has 3 nitrogen and oxygen atoms in total. The number of aryl methyl sites for hydroxylation is 1. The van der Waals surface area contributed by atoms with Crippen LogP contribution in [0.1, 0.15) is 10.4 Å². The first kappa shape index (κ1) is 10.3. The van der Waals surface area contributed by atoms with Crippen LogP contribution in [0.2, 0.25) is 0 Å². The minimum atomic E-state index is -0.892. The summed E-state index contributed by atoms with van der Waals surface area (Å²) < 4.78 is 1.70. The first-order valence-corrected chi connectivity index (χ1v) is 2.89. The van der Waals surface area contributed by atoms with Crippen LogP contribution in [0, 0.1) is 0 Å². The fraction of sp³-hybridized carbons (Fsp3) is 0.143. The number of halogens is 1. The number of hydrogen-bond acceptors (Lipinski definition) is 1. The predicted molar refractivity (Wildman–Crippen MR) is 50.0 cm³/mol. The zero-order valence-corrected chi connectivity index (χ0v) is 8.35. The molecule has 4 heteroatoms. The monoisotopic (exact) mass is 266 g/mol. The lowest BCUT2D eigenvalue weighted by Crippen LogP contribution is -2.27. The minimum absolute atomic E-state index is 0. The molecule has 1 aromatic heterocycles. The number of carboxylic acids is 1. The van der Waals surface area contributed by atoms with E-state index in [-0.39, 0.29) is 24.0 Å². The normalized spacial score (nSPS) is 8.45. The van der Waals surface area contributed by atoms with Crippen molar-refractivity contribution in [1.29, 1.82) is 0 Å². The van der Waals surface area contributed by atoms with Gasteiger partial charge >= 0.3 is 5.97 Å². The third-order valence-corrected chi connectivity index (χ3v) is 1.19. The summed E-state index contributed by atoms with van der Waals surface area (Å²) in [7, 11) is 1.78. The summed E-state index contributed by atoms with van der Waals surface area (Å²) in [6.45, 7) is 0. The van der Waals surface area contributed by atoms with E-state index in [2.05, 4.69) is 0 Å². The highest BCUT2D eigenvalue weighted by molar-refractivity contribution is 14.0. The van der Waals surface area contributed by atoms with Gasteiger partial charge in [0.05, 0.1) is 0 Å². The molecule has 1 heterocycles. The van der Waals surface area contributed by atoms with Gasteiger partial charge in [0, 0.05) is 6.07 Å². The summed E-state index contributed by atoms with van der Waals surface area (Å²) in [5.74, 6) is -0.892. The van der Waals surface area contributed by atoms with E-state index in [1.165, 1.54) is 0 Å². The number of nitrogens with zero attached hydrogens (tertiary/aromatic N) is 1. The lowest BCUT2D eigenvalue weighted by atomic mass is 10.3. The molecule has 0 aromatic carbocycles. The molecule has 0 unspecified atom stereocenters. The molecule has 0 aliphatic carbocycles. The van der Waals surface area contributed by atoms with Crippen molar-refractivity contribution >= 4 is 29.9 Å². The Balaban J connectivity index is 0.000001000. The molecular formula is C7H9INO2+. The average Bonchev–Trinajstić information content (AvgIpc) is 1.88. The second kappa shape index (κ2) is 4.27. The van der Waals surface area contributed by atoms with E-state index in [1.807, 2.05) is 0 Å². The van der Waals surface area contributed by atoms with Gasteiger partial charge < -0.3 is 5.11 Å². The van der Waals surface area contributed by atoms with Crippen molar-refractivity contribution in [1.82, 2.24) is 0 Å². The Morgan fingerprint density at radius 2 is 2.27 bits per heavy atom. The Morgan fingerprint density at radius 1 is 1.64 bits per heavy atom. The predicted octanol–water partition coefficient (Wildman–Crippen LogP) is 0.827. The first-order valence-electron chi connectivity index (χ1n) is 2.89. The standard InChI is InChI=1S/C7H7NO2.HI/c1-8-4-2-3-6(5-8)7(9)10;/h2-5H,1H3;1H/p+1. The lowest BCUT2D eigenvalue weighted by molar-refractivity contribution is -0.671. The van der Waals surface area contributed by atoms with Gasteiger partial charge in [-0.15, -0.1) is 24.0 Å². The number of hydrogen-bond donors (Lipinski definition) is 1. The van der Waals surface area contributed by atoms with E-state index in [9.17, 15) is 4.79 Å². The number of aromatic carboxylic acids is 1. The third kappa shape index (κ3) is 2.83. The molecule has 11 heavy (non-hydrogen) atoms. The number of pyridine rings is 1. The average molecular weight is 266 g/mol. The summed E-state index contributed by atoms with van der Waals surface area (Å²) in [5.41, 5.74) is 0.310. The van der Waals surface area contributed by atoms with E-state index < -0.39 is 5.97 Å². The first-order chi connectivity index (χ1) is 4.70. The molecule has 0 bridgehead atoms. The molecule has 60 valence electrons. The van der Waals surface area contributed by atoms with Crippen LogP contribution < -0.4 is 4.57 Å². The van der Waals surface area contributed by atoms with E-state index in [4.69, 9.17) is 5.11 Å². The number of rotatable bonds is 1. The molecule has 0 radical (unpaired) electrons. The number of carboxylic acid groups (broad SMARTS) is 1. The van der Waals surface area contributed by atoms with Crippen LogP contribution in [0.5, 0.6) is 0 Å². The topological polar surface area (TPSA) is 41.2 Å². The van der Waals surface area contributed by atoms with Gasteiger partial charge in [0.2, 0.25) is 0 Å². The summed E-state index contributed by atoms with van der Waals surface area (Å²) >= 11 is 0. The molecule has 1 rings (SSSR count). The molecule has 0 aliphatic heterocycles. The molecule has 0 aliphatic rings. The summed E-state index contributed by atoms with van der Waals surface area (Å²) in [6.07, 6.45) is 3.34. The van der Waals surface area contributed by atoms with Crippen LogP contribution in [0.25, 0.3) is 0 Å². The molecule has 0 amide bonds. The zero-order valence-electron chi connectivity index (χ0n) is 6.02. The quantitative estimate of drug-likeness (QED) is 0.604. The lowest BCUT2D eigenvalue weighted by Gasteiger charge is -1.88. The minimum Gasteiger partial charge on any atom is -0.477 e. The van der Waals surface area contributed by atoms with Gasteiger partial charge in [-0.3, -0.25) is 0 Å². The second-order valence-electron chi connectivity index (χ2n) is 2.06. The van der Waals surface area contributed by atoms with Gasteiger partial charge in [-0.2, -0.15) is 0 Å².